The highest BCUT2D eigenvalue weighted by molar-refractivity contribution is 5.75. The molecule has 0 heterocycles. The van der Waals surface area contributed by atoms with Crippen LogP contribution in [0.3, 0.4) is 0 Å². The lowest BCUT2D eigenvalue weighted by Crippen LogP contribution is -2.30. The SMILES string of the molecule is COC(=O)N(Cc1cc(C(F)(F)F)cc(C(F)(F)F)c1)Cc1cc(C(F)(F)F)ccc1-c1cc(CF)ccc1OC. The van der Waals surface area contributed by atoms with Crippen LogP contribution in [0.4, 0.5) is 48.7 Å². The van der Waals surface area contributed by atoms with Crippen LogP contribution < -0.4 is 4.74 Å². The second-order valence-corrected chi connectivity index (χ2v) is 8.78. The number of halogens is 10. The topological polar surface area (TPSA) is 38.8 Å². The highest BCUT2D eigenvalue weighted by Gasteiger charge is 2.37. The molecule has 3 aromatic rings. The summed E-state index contributed by atoms with van der Waals surface area (Å²) in [7, 11) is 2.13. The van der Waals surface area contributed by atoms with E-state index < -0.39 is 66.6 Å². The second-order valence-electron chi connectivity index (χ2n) is 8.78. The lowest BCUT2D eigenvalue weighted by Gasteiger charge is -2.25. The Morgan fingerprint density at radius 3 is 1.76 bits per heavy atom. The Morgan fingerprint density at radius 2 is 1.27 bits per heavy atom. The molecule has 222 valence electrons. The zero-order valence-electron chi connectivity index (χ0n) is 21.3. The summed E-state index contributed by atoms with van der Waals surface area (Å²) < 4.78 is 144. The van der Waals surface area contributed by atoms with Crippen molar-refractivity contribution < 1.29 is 58.2 Å². The lowest BCUT2D eigenvalue weighted by molar-refractivity contribution is -0.143. The lowest BCUT2D eigenvalue weighted by atomic mass is 9.94. The van der Waals surface area contributed by atoms with Gasteiger partial charge >= 0.3 is 24.6 Å². The quantitative estimate of drug-likeness (QED) is 0.256. The molecule has 0 spiro atoms. The molecule has 0 aliphatic rings. The second kappa shape index (κ2) is 11.9. The van der Waals surface area contributed by atoms with Crippen molar-refractivity contribution in [2.45, 2.75) is 38.3 Å². The van der Waals surface area contributed by atoms with E-state index in [-0.39, 0.29) is 34.1 Å². The molecular weight excluding hydrogens is 576 g/mol. The van der Waals surface area contributed by atoms with Crippen LogP contribution in [-0.4, -0.2) is 25.2 Å². The maximum atomic E-state index is 13.6. The average Bonchev–Trinajstić information content (AvgIpc) is 2.90. The number of rotatable bonds is 7. The van der Waals surface area contributed by atoms with Crippen LogP contribution in [0.25, 0.3) is 11.1 Å². The predicted molar refractivity (Wildman–Crippen MR) is 126 cm³/mol. The van der Waals surface area contributed by atoms with E-state index in [1.165, 1.54) is 25.3 Å². The van der Waals surface area contributed by atoms with Crippen molar-refractivity contribution in [3.8, 4) is 16.9 Å². The molecule has 0 aliphatic heterocycles. The molecule has 14 heteroatoms. The van der Waals surface area contributed by atoms with E-state index in [1.54, 1.807) is 0 Å². The minimum Gasteiger partial charge on any atom is -0.496 e. The fourth-order valence-electron chi connectivity index (χ4n) is 4.06. The molecule has 0 atom stereocenters. The van der Waals surface area contributed by atoms with Crippen LogP contribution in [0.5, 0.6) is 5.75 Å². The van der Waals surface area contributed by atoms with E-state index in [0.717, 1.165) is 19.2 Å². The first kappa shape index (κ1) is 31.6. The molecule has 1 amide bonds. The summed E-state index contributed by atoms with van der Waals surface area (Å²) in [5, 5.41) is 0. The number of ether oxygens (including phenoxy) is 2. The van der Waals surface area contributed by atoms with Gasteiger partial charge in [-0.05, 0) is 64.7 Å². The Hall–Kier alpha value is -3.97. The predicted octanol–water partition coefficient (Wildman–Crippen LogP) is 8.66. The smallest absolute Gasteiger partial charge is 0.416 e. The third kappa shape index (κ3) is 7.61. The van der Waals surface area contributed by atoms with Crippen molar-refractivity contribution >= 4 is 6.09 Å². The number of hydrogen-bond acceptors (Lipinski definition) is 3. The van der Waals surface area contributed by atoms with Gasteiger partial charge in [0.2, 0.25) is 0 Å². The van der Waals surface area contributed by atoms with Gasteiger partial charge in [-0.2, -0.15) is 39.5 Å². The number of carbonyl (C=O) groups excluding carboxylic acids is 1. The molecule has 3 rings (SSSR count). The van der Waals surface area contributed by atoms with Gasteiger partial charge in [-0.3, -0.25) is 4.90 Å². The van der Waals surface area contributed by atoms with Gasteiger partial charge in [0.15, 0.2) is 0 Å². The molecule has 0 saturated heterocycles. The van der Waals surface area contributed by atoms with Crippen LogP contribution in [-0.2, 0) is 43.0 Å². The molecule has 3 aromatic carbocycles. The molecule has 0 aliphatic carbocycles. The minimum atomic E-state index is -5.17. The molecule has 4 nitrogen and oxygen atoms in total. The highest BCUT2D eigenvalue weighted by atomic mass is 19.4. The summed E-state index contributed by atoms with van der Waals surface area (Å²) in [6, 6.07) is 7.17. The molecule has 0 saturated carbocycles. The van der Waals surface area contributed by atoms with E-state index in [9.17, 15) is 48.7 Å². The third-order valence-electron chi connectivity index (χ3n) is 5.96. The summed E-state index contributed by atoms with van der Waals surface area (Å²) in [5.41, 5.74) is -4.95. The standard InChI is InChI=1S/C27H21F10NO3/c1-40-23-6-3-15(12-28)9-22(23)21-5-4-18(25(29,30)31)10-17(21)14-38(24(39)41-2)13-16-7-19(26(32,33)34)11-20(8-16)27(35,36)37/h3-11H,12-14H2,1-2H3. The average molecular weight is 597 g/mol. The Balaban J connectivity index is 2.18. The first-order valence-corrected chi connectivity index (χ1v) is 11.5. The Bertz CT molecular complexity index is 1370. The van der Waals surface area contributed by atoms with Gasteiger partial charge in [0.05, 0.1) is 30.9 Å². The van der Waals surface area contributed by atoms with E-state index in [4.69, 9.17) is 4.74 Å². The van der Waals surface area contributed by atoms with E-state index >= 15 is 0 Å². The van der Waals surface area contributed by atoms with Crippen molar-refractivity contribution in [2.75, 3.05) is 14.2 Å². The molecule has 0 bridgehead atoms. The number of carbonyl (C=O) groups is 1. The van der Waals surface area contributed by atoms with Gasteiger partial charge in [-0.15, -0.1) is 0 Å². The van der Waals surface area contributed by atoms with Crippen LogP contribution in [0.2, 0.25) is 0 Å². The Morgan fingerprint density at radius 1 is 0.683 bits per heavy atom. The van der Waals surface area contributed by atoms with Crippen molar-refractivity contribution in [3.05, 3.63) is 88.0 Å². The van der Waals surface area contributed by atoms with Crippen LogP contribution in [0, 0.1) is 0 Å². The molecule has 0 aromatic heterocycles. The van der Waals surface area contributed by atoms with Crippen molar-refractivity contribution in [1.29, 1.82) is 0 Å². The fraction of sp³-hybridized carbons (Fsp3) is 0.296. The molecule has 0 fully saturated rings. The summed E-state index contributed by atoms with van der Waals surface area (Å²) >= 11 is 0. The Labute approximate surface area is 227 Å². The maximum Gasteiger partial charge on any atom is 0.416 e. The summed E-state index contributed by atoms with van der Waals surface area (Å²) in [4.78, 5) is 13.2. The molecule has 0 N–H and O–H groups in total. The first-order chi connectivity index (χ1) is 19.0. The summed E-state index contributed by atoms with van der Waals surface area (Å²) in [5.74, 6) is 0.125. The van der Waals surface area contributed by atoms with E-state index in [0.29, 0.717) is 23.1 Å². The van der Waals surface area contributed by atoms with Crippen LogP contribution >= 0.6 is 0 Å². The van der Waals surface area contributed by atoms with Gasteiger partial charge in [-0.1, -0.05) is 12.1 Å². The third-order valence-corrected chi connectivity index (χ3v) is 5.96. The maximum absolute atomic E-state index is 13.6. The highest BCUT2D eigenvalue weighted by Crippen LogP contribution is 2.39. The van der Waals surface area contributed by atoms with Gasteiger partial charge in [0.1, 0.15) is 12.4 Å². The molecule has 0 radical (unpaired) electrons. The van der Waals surface area contributed by atoms with Crippen molar-refractivity contribution in [1.82, 2.24) is 4.90 Å². The largest absolute Gasteiger partial charge is 0.496 e. The van der Waals surface area contributed by atoms with E-state index in [1.807, 2.05) is 0 Å². The molecule has 0 unspecified atom stereocenters. The molecule has 41 heavy (non-hydrogen) atoms. The van der Waals surface area contributed by atoms with Gasteiger partial charge < -0.3 is 9.47 Å². The number of alkyl halides is 10. The number of methoxy groups -OCH3 is 2. The summed E-state index contributed by atoms with van der Waals surface area (Å²) in [6.07, 6.45) is -16.4. The zero-order valence-corrected chi connectivity index (χ0v) is 21.3. The normalized spacial score (nSPS) is 12.3. The van der Waals surface area contributed by atoms with E-state index in [2.05, 4.69) is 4.74 Å². The van der Waals surface area contributed by atoms with Gasteiger partial charge in [-0.25, -0.2) is 9.18 Å². The summed E-state index contributed by atoms with van der Waals surface area (Å²) in [6.45, 7) is -2.57. The van der Waals surface area contributed by atoms with Crippen LogP contribution in [0.1, 0.15) is 33.4 Å². The van der Waals surface area contributed by atoms with Gasteiger partial charge in [0.25, 0.3) is 0 Å². The van der Waals surface area contributed by atoms with Crippen molar-refractivity contribution in [3.63, 3.8) is 0 Å². The van der Waals surface area contributed by atoms with Crippen LogP contribution in [0.15, 0.2) is 54.6 Å². The number of hydrogen-bond donors (Lipinski definition) is 0. The fourth-order valence-corrected chi connectivity index (χ4v) is 4.06. The number of nitrogens with zero attached hydrogens (tertiary/aromatic N) is 1. The first-order valence-electron chi connectivity index (χ1n) is 11.5. The monoisotopic (exact) mass is 597 g/mol. The Kier molecular flexibility index (Phi) is 9.14. The number of amides is 1. The number of benzene rings is 3. The minimum absolute atomic E-state index is 0.0408. The van der Waals surface area contributed by atoms with Crippen molar-refractivity contribution in [2.24, 2.45) is 0 Å². The molecular formula is C27H21F10NO3. The zero-order chi connectivity index (χ0) is 30.8. The van der Waals surface area contributed by atoms with Gasteiger partial charge in [0, 0.05) is 18.7 Å².